The quantitative estimate of drug-likeness (QED) is 0.800. The van der Waals surface area contributed by atoms with Crippen molar-refractivity contribution in [2.75, 3.05) is 37.7 Å². The molecule has 122 valence electrons. The van der Waals surface area contributed by atoms with Gasteiger partial charge in [-0.15, -0.1) is 0 Å². The van der Waals surface area contributed by atoms with E-state index >= 15 is 0 Å². The summed E-state index contributed by atoms with van der Waals surface area (Å²) in [6.07, 6.45) is 2.72. The van der Waals surface area contributed by atoms with Crippen LogP contribution in [0.25, 0.3) is 0 Å². The van der Waals surface area contributed by atoms with Crippen LogP contribution in [0.15, 0.2) is 10.4 Å². The zero-order valence-corrected chi connectivity index (χ0v) is 13.6. The number of anilines is 1. The number of thiazole rings is 1. The van der Waals surface area contributed by atoms with Gasteiger partial charge in [-0.25, -0.2) is 18.5 Å². The van der Waals surface area contributed by atoms with Gasteiger partial charge in [0.2, 0.25) is 10.0 Å². The fourth-order valence-electron chi connectivity index (χ4n) is 2.62. The first-order valence-electron chi connectivity index (χ1n) is 7.09. The number of carbonyl (C=O) groups is 1. The van der Waals surface area contributed by atoms with Gasteiger partial charge >= 0.3 is 0 Å². The molecule has 3 rings (SSSR count). The summed E-state index contributed by atoms with van der Waals surface area (Å²) in [6, 6.07) is 0. The zero-order chi connectivity index (χ0) is 15.7. The molecule has 1 aromatic rings. The number of ether oxygens (including phenoxy) is 1. The van der Waals surface area contributed by atoms with Gasteiger partial charge in [-0.2, -0.15) is 0 Å². The standard InChI is InChI=1S/C12H18N4O4S2/c13-22(18,19)10-8-14-12(21-10)16-5-3-15(4-6-16)11(17)9-2-1-7-20-9/h8-9H,1-7H2,(H2,13,18,19)/t9-/m0/s1. The number of carbonyl (C=O) groups excluding carboxylic acids is 1. The number of hydrogen-bond acceptors (Lipinski definition) is 7. The minimum atomic E-state index is -3.71. The summed E-state index contributed by atoms with van der Waals surface area (Å²) in [5.74, 6) is 0.0570. The Morgan fingerprint density at radius 1 is 1.36 bits per heavy atom. The number of nitrogens with two attached hydrogens (primary N) is 1. The van der Waals surface area contributed by atoms with Crippen LogP contribution in [0.1, 0.15) is 12.8 Å². The Labute approximate surface area is 132 Å². The maximum Gasteiger partial charge on any atom is 0.251 e. The van der Waals surface area contributed by atoms with Gasteiger partial charge in [0.25, 0.3) is 5.91 Å². The highest BCUT2D eigenvalue weighted by Gasteiger charge is 2.31. The highest BCUT2D eigenvalue weighted by molar-refractivity contribution is 7.91. The molecule has 0 aliphatic carbocycles. The second kappa shape index (κ2) is 6.11. The van der Waals surface area contributed by atoms with Crippen molar-refractivity contribution in [3.63, 3.8) is 0 Å². The lowest BCUT2D eigenvalue weighted by Crippen LogP contribution is -2.51. The molecule has 1 aromatic heterocycles. The second-order valence-corrected chi connectivity index (χ2v) is 8.12. The lowest BCUT2D eigenvalue weighted by atomic mass is 10.2. The Bertz CT molecular complexity index is 646. The number of amides is 1. The van der Waals surface area contributed by atoms with Crippen LogP contribution in [-0.4, -0.2) is 63.1 Å². The molecule has 1 amide bonds. The van der Waals surface area contributed by atoms with Gasteiger partial charge in [-0.3, -0.25) is 4.79 Å². The summed E-state index contributed by atoms with van der Waals surface area (Å²) >= 11 is 1.05. The number of sulfonamides is 1. The predicted molar refractivity (Wildman–Crippen MR) is 81.3 cm³/mol. The van der Waals surface area contributed by atoms with E-state index in [9.17, 15) is 13.2 Å². The Kier molecular flexibility index (Phi) is 4.35. The Balaban J connectivity index is 1.59. The largest absolute Gasteiger partial charge is 0.368 e. The van der Waals surface area contributed by atoms with Crippen molar-refractivity contribution in [3.05, 3.63) is 6.20 Å². The number of piperazine rings is 1. The van der Waals surface area contributed by atoms with E-state index in [1.807, 2.05) is 4.90 Å². The molecule has 2 fully saturated rings. The Morgan fingerprint density at radius 3 is 2.64 bits per heavy atom. The van der Waals surface area contributed by atoms with Crippen LogP contribution in [0, 0.1) is 0 Å². The number of rotatable bonds is 3. The summed E-state index contributed by atoms with van der Waals surface area (Å²) in [4.78, 5) is 20.1. The van der Waals surface area contributed by atoms with E-state index in [1.165, 1.54) is 6.20 Å². The van der Waals surface area contributed by atoms with Gasteiger partial charge in [-0.1, -0.05) is 11.3 Å². The van der Waals surface area contributed by atoms with Gasteiger partial charge < -0.3 is 14.5 Å². The van der Waals surface area contributed by atoms with E-state index in [0.717, 1.165) is 24.2 Å². The monoisotopic (exact) mass is 346 g/mol. The predicted octanol–water partition coefficient (Wildman–Crippen LogP) is -0.382. The van der Waals surface area contributed by atoms with Gasteiger partial charge in [0.1, 0.15) is 6.10 Å². The van der Waals surface area contributed by atoms with Crippen molar-refractivity contribution in [1.29, 1.82) is 0 Å². The zero-order valence-electron chi connectivity index (χ0n) is 12.0. The Morgan fingerprint density at radius 2 is 2.09 bits per heavy atom. The van der Waals surface area contributed by atoms with E-state index in [0.29, 0.717) is 37.9 Å². The van der Waals surface area contributed by atoms with Crippen LogP contribution in [-0.2, 0) is 19.6 Å². The SMILES string of the molecule is NS(=O)(=O)c1cnc(N2CCN(C(=O)[C@@H]3CCCO3)CC2)s1. The number of aromatic nitrogens is 1. The summed E-state index contributed by atoms with van der Waals surface area (Å²) < 4.78 is 28.0. The molecule has 0 bridgehead atoms. The van der Waals surface area contributed by atoms with Gasteiger partial charge in [0, 0.05) is 32.8 Å². The van der Waals surface area contributed by atoms with Crippen LogP contribution in [0.4, 0.5) is 5.13 Å². The highest BCUT2D eigenvalue weighted by Crippen LogP contribution is 2.26. The van der Waals surface area contributed by atoms with Crippen LogP contribution in [0.2, 0.25) is 0 Å². The molecule has 1 atom stereocenters. The molecule has 22 heavy (non-hydrogen) atoms. The molecule has 2 saturated heterocycles. The van der Waals surface area contributed by atoms with Crippen molar-refractivity contribution in [2.45, 2.75) is 23.2 Å². The molecule has 2 aliphatic heterocycles. The normalized spacial score (nSPS) is 23.0. The van der Waals surface area contributed by atoms with Gasteiger partial charge in [-0.05, 0) is 12.8 Å². The maximum absolute atomic E-state index is 12.3. The summed E-state index contributed by atoms with van der Waals surface area (Å²) in [5, 5.41) is 5.71. The van der Waals surface area contributed by atoms with Gasteiger partial charge in [0.05, 0.1) is 6.20 Å². The second-order valence-electron chi connectivity index (χ2n) is 5.32. The minimum absolute atomic E-state index is 0.0559. The molecule has 2 aliphatic rings. The van der Waals surface area contributed by atoms with Gasteiger partial charge in [0.15, 0.2) is 9.34 Å². The van der Waals surface area contributed by atoms with E-state index in [-0.39, 0.29) is 16.2 Å². The molecule has 2 N–H and O–H groups in total. The minimum Gasteiger partial charge on any atom is -0.368 e. The summed E-state index contributed by atoms with van der Waals surface area (Å²) in [5.41, 5.74) is 0. The van der Waals surface area contributed by atoms with Crippen LogP contribution >= 0.6 is 11.3 Å². The molecular weight excluding hydrogens is 328 g/mol. The molecule has 10 heteroatoms. The van der Waals surface area contributed by atoms with Crippen molar-refractivity contribution in [3.8, 4) is 0 Å². The molecule has 8 nitrogen and oxygen atoms in total. The molecular formula is C12H18N4O4S2. The smallest absolute Gasteiger partial charge is 0.251 e. The molecule has 0 saturated carbocycles. The van der Waals surface area contributed by atoms with Crippen molar-refractivity contribution in [2.24, 2.45) is 5.14 Å². The van der Waals surface area contributed by atoms with Crippen molar-refractivity contribution < 1.29 is 17.9 Å². The average molecular weight is 346 g/mol. The number of primary sulfonamides is 1. The van der Waals surface area contributed by atoms with E-state index < -0.39 is 10.0 Å². The maximum atomic E-state index is 12.3. The fourth-order valence-corrected chi connectivity index (χ4v) is 4.21. The Hall–Kier alpha value is -1.23. The average Bonchev–Trinajstić information content (AvgIpc) is 3.17. The molecule has 0 aromatic carbocycles. The summed E-state index contributed by atoms with van der Waals surface area (Å²) in [7, 11) is -3.71. The van der Waals surface area contributed by atoms with Crippen molar-refractivity contribution >= 4 is 32.4 Å². The topological polar surface area (TPSA) is 106 Å². The van der Waals surface area contributed by atoms with E-state index in [1.54, 1.807) is 4.90 Å². The number of hydrogen-bond donors (Lipinski definition) is 1. The van der Waals surface area contributed by atoms with Crippen LogP contribution in [0.5, 0.6) is 0 Å². The molecule has 0 spiro atoms. The molecule has 0 unspecified atom stereocenters. The van der Waals surface area contributed by atoms with Crippen LogP contribution < -0.4 is 10.0 Å². The summed E-state index contributed by atoms with van der Waals surface area (Å²) in [6.45, 7) is 3.07. The lowest BCUT2D eigenvalue weighted by Gasteiger charge is -2.35. The number of nitrogens with zero attached hydrogens (tertiary/aromatic N) is 3. The van der Waals surface area contributed by atoms with Crippen LogP contribution in [0.3, 0.4) is 0 Å². The molecule has 0 radical (unpaired) electrons. The third-order valence-electron chi connectivity index (χ3n) is 3.82. The third-order valence-corrected chi connectivity index (χ3v) is 6.29. The first-order chi connectivity index (χ1) is 10.4. The lowest BCUT2D eigenvalue weighted by molar-refractivity contribution is -0.141. The highest BCUT2D eigenvalue weighted by atomic mass is 32.2. The van der Waals surface area contributed by atoms with E-state index in [4.69, 9.17) is 9.88 Å². The first kappa shape index (κ1) is 15.7. The fraction of sp³-hybridized carbons (Fsp3) is 0.667. The third kappa shape index (κ3) is 3.24. The van der Waals surface area contributed by atoms with Crippen molar-refractivity contribution in [1.82, 2.24) is 9.88 Å². The van der Waals surface area contributed by atoms with E-state index in [2.05, 4.69) is 4.98 Å². The molecule has 3 heterocycles. The first-order valence-corrected chi connectivity index (χ1v) is 9.45.